The Morgan fingerprint density at radius 3 is 0.750 bits per heavy atom. The molecule has 0 heterocycles. The molecule has 0 atom stereocenters. The lowest BCUT2D eigenvalue weighted by molar-refractivity contribution is -0.144. The van der Waals surface area contributed by atoms with E-state index in [1.165, 1.54) is 180 Å². The summed E-state index contributed by atoms with van der Waals surface area (Å²) in [6, 6.07) is 0. The van der Waals surface area contributed by atoms with Crippen LogP contribution in [0.5, 0.6) is 0 Å². The number of hydrogen-bond donors (Lipinski definition) is 0. The SMILES string of the molecule is CCCCCCCCCCC(=O)OCCCCCCCCCCCCCCCCCCOC(=O)CCCCCCCCCC. The molecule has 0 rings (SSSR count). The molecule has 0 N–H and O–H groups in total. The minimum atomic E-state index is 0.00912. The lowest BCUT2D eigenvalue weighted by Gasteiger charge is -2.06. The second kappa shape index (κ2) is 38.1. The van der Waals surface area contributed by atoms with Crippen molar-refractivity contribution in [2.24, 2.45) is 0 Å². The van der Waals surface area contributed by atoms with E-state index in [1.54, 1.807) is 0 Å². The van der Waals surface area contributed by atoms with Crippen LogP contribution < -0.4 is 0 Å². The summed E-state index contributed by atoms with van der Waals surface area (Å²) in [7, 11) is 0. The summed E-state index contributed by atoms with van der Waals surface area (Å²) < 4.78 is 10.8. The molecule has 0 radical (unpaired) electrons. The fourth-order valence-electron chi connectivity index (χ4n) is 6.00. The van der Waals surface area contributed by atoms with Crippen molar-refractivity contribution in [2.75, 3.05) is 13.2 Å². The van der Waals surface area contributed by atoms with Gasteiger partial charge in [-0.2, -0.15) is 0 Å². The number of hydrogen-bond acceptors (Lipinski definition) is 4. The van der Waals surface area contributed by atoms with E-state index in [1.807, 2.05) is 0 Å². The zero-order valence-electron chi connectivity index (χ0n) is 30.1. The average molecular weight is 623 g/mol. The van der Waals surface area contributed by atoms with Crippen LogP contribution in [0.2, 0.25) is 0 Å². The van der Waals surface area contributed by atoms with Gasteiger partial charge in [0.1, 0.15) is 0 Å². The van der Waals surface area contributed by atoms with Gasteiger partial charge >= 0.3 is 11.9 Å². The lowest BCUT2D eigenvalue weighted by atomic mass is 10.0. The highest BCUT2D eigenvalue weighted by Crippen LogP contribution is 2.15. The maximum Gasteiger partial charge on any atom is 0.305 e. The predicted octanol–water partition coefficient (Wildman–Crippen LogP) is 13.4. The molecular weight excluding hydrogens is 544 g/mol. The standard InChI is InChI=1S/C40H78O4/c1-3-5-7-9-11-23-27-31-35-39(41)43-37-33-29-25-21-19-17-15-13-14-16-18-20-22-26-30-34-38-44-40(42)36-32-28-24-12-10-8-6-4-2/h3-38H2,1-2H3. The molecule has 0 saturated carbocycles. The van der Waals surface area contributed by atoms with Crippen molar-refractivity contribution in [3.63, 3.8) is 0 Å². The number of esters is 2. The van der Waals surface area contributed by atoms with Crippen LogP contribution in [0, 0.1) is 0 Å². The van der Waals surface area contributed by atoms with Gasteiger partial charge in [0.2, 0.25) is 0 Å². The van der Waals surface area contributed by atoms with Crippen molar-refractivity contribution in [2.45, 2.75) is 232 Å². The summed E-state index contributed by atoms with van der Waals surface area (Å²) in [5.41, 5.74) is 0. The first-order valence-electron chi connectivity index (χ1n) is 20.0. The molecule has 0 aliphatic rings. The quantitative estimate of drug-likeness (QED) is 0.0511. The molecular formula is C40H78O4. The molecule has 0 fully saturated rings. The van der Waals surface area contributed by atoms with E-state index < -0.39 is 0 Å². The van der Waals surface area contributed by atoms with Gasteiger partial charge in [-0.3, -0.25) is 9.59 Å². The molecule has 0 unspecified atom stereocenters. The Balaban J connectivity index is 3.18. The molecule has 0 bridgehead atoms. The van der Waals surface area contributed by atoms with E-state index >= 15 is 0 Å². The lowest BCUT2D eigenvalue weighted by Crippen LogP contribution is -2.05. The Morgan fingerprint density at radius 2 is 0.500 bits per heavy atom. The van der Waals surface area contributed by atoms with Crippen molar-refractivity contribution in [3.05, 3.63) is 0 Å². The highest BCUT2D eigenvalue weighted by Gasteiger charge is 2.04. The summed E-state index contributed by atoms with van der Waals surface area (Å²) in [6.07, 6.45) is 42.1. The molecule has 0 aliphatic heterocycles. The zero-order chi connectivity index (χ0) is 32.0. The highest BCUT2D eigenvalue weighted by molar-refractivity contribution is 5.69. The van der Waals surface area contributed by atoms with Gasteiger partial charge in [0.15, 0.2) is 0 Å². The van der Waals surface area contributed by atoms with Gasteiger partial charge in [-0.15, -0.1) is 0 Å². The van der Waals surface area contributed by atoms with Crippen LogP contribution in [0.3, 0.4) is 0 Å². The summed E-state index contributed by atoms with van der Waals surface area (Å²) in [5, 5.41) is 0. The Hall–Kier alpha value is -1.06. The van der Waals surface area contributed by atoms with E-state index in [2.05, 4.69) is 13.8 Å². The third-order valence-electron chi connectivity index (χ3n) is 9.03. The first-order valence-corrected chi connectivity index (χ1v) is 20.0. The van der Waals surface area contributed by atoms with Crippen molar-refractivity contribution in [1.29, 1.82) is 0 Å². The first kappa shape index (κ1) is 42.9. The van der Waals surface area contributed by atoms with E-state index in [0.717, 1.165) is 25.7 Å². The average Bonchev–Trinajstić information content (AvgIpc) is 3.02. The Bertz CT molecular complexity index is 526. The largest absolute Gasteiger partial charge is 0.466 e. The summed E-state index contributed by atoms with van der Waals surface area (Å²) in [6.45, 7) is 5.74. The summed E-state index contributed by atoms with van der Waals surface area (Å²) >= 11 is 0. The van der Waals surface area contributed by atoms with Crippen LogP contribution in [-0.2, 0) is 19.1 Å². The topological polar surface area (TPSA) is 52.6 Å². The van der Waals surface area contributed by atoms with Gasteiger partial charge < -0.3 is 9.47 Å². The second-order valence-electron chi connectivity index (χ2n) is 13.5. The first-order chi connectivity index (χ1) is 21.7. The van der Waals surface area contributed by atoms with Crippen molar-refractivity contribution in [1.82, 2.24) is 0 Å². The molecule has 4 heteroatoms. The summed E-state index contributed by atoms with van der Waals surface area (Å²) in [4.78, 5) is 23.7. The molecule has 44 heavy (non-hydrogen) atoms. The molecule has 0 saturated heterocycles. The molecule has 4 nitrogen and oxygen atoms in total. The Labute approximate surface area is 276 Å². The molecule has 0 spiro atoms. The fraction of sp³-hybridized carbons (Fsp3) is 0.950. The van der Waals surface area contributed by atoms with Gasteiger partial charge in [-0.25, -0.2) is 0 Å². The maximum atomic E-state index is 11.8. The number of rotatable bonds is 37. The number of unbranched alkanes of at least 4 members (excludes halogenated alkanes) is 29. The van der Waals surface area contributed by atoms with Crippen molar-refractivity contribution < 1.29 is 19.1 Å². The smallest absolute Gasteiger partial charge is 0.305 e. The minimum Gasteiger partial charge on any atom is -0.466 e. The van der Waals surface area contributed by atoms with Gasteiger partial charge in [-0.05, 0) is 25.7 Å². The van der Waals surface area contributed by atoms with Crippen LogP contribution in [0.4, 0.5) is 0 Å². The Kier molecular flexibility index (Phi) is 37.2. The summed E-state index contributed by atoms with van der Waals surface area (Å²) in [5.74, 6) is 0.0182. The maximum absolute atomic E-state index is 11.8. The molecule has 0 aliphatic carbocycles. The van der Waals surface area contributed by atoms with Gasteiger partial charge in [0.25, 0.3) is 0 Å². The fourth-order valence-corrected chi connectivity index (χ4v) is 6.00. The van der Waals surface area contributed by atoms with Crippen molar-refractivity contribution >= 4 is 11.9 Å². The van der Waals surface area contributed by atoms with Crippen LogP contribution in [-0.4, -0.2) is 25.2 Å². The molecule has 262 valence electrons. The predicted molar refractivity (Wildman–Crippen MR) is 190 cm³/mol. The Morgan fingerprint density at radius 1 is 0.295 bits per heavy atom. The normalized spacial score (nSPS) is 11.2. The molecule has 0 aromatic rings. The van der Waals surface area contributed by atoms with Gasteiger partial charge in [0.05, 0.1) is 13.2 Å². The van der Waals surface area contributed by atoms with Crippen LogP contribution in [0.1, 0.15) is 232 Å². The molecule has 0 amide bonds. The van der Waals surface area contributed by atoms with E-state index in [-0.39, 0.29) is 11.9 Å². The minimum absolute atomic E-state index is 0.00912. The highest BCUT2D eigenvalue weighted by atomic mass is 16.5. The van der Waals surface area contributed by atoms with E-state index in [0.29, 0.717) is 26.1 Å². The third-order valence-corrected chi connectivity index (χ3v) is 9.03. The van der Waals surface area contributed by atoms with Crippen molar-refractivity contribution in [3.8, 4) is 0 Å². The number of ether oxygens (including phenoxy) is 2. The number of carbonyl (C=O) groups is 2. The van der Waals surface area contributed by atoms with Gasteiger partial charge in [0, 0.05) is 12.8 Å². The van der Waals surface area contributed by atoms with Gasteiger partial charge in [-0.1, -0.05) is 194 Å². The third kappa shape index (κ3) is 37.1. The van der Waals surface area contributed by atoms with E-state index in [9.17, 15) is 9.59 Å². The van der Waals surface area contributed by atoms with Crippen LogP contribution in [0.15, 0.2) is 0 Å². The second-order valence-corrected chi connectivity index (χ2v) is 13.5. The van der Waals surface area contributed by atoms with E-state index in [4.69, 9.17) is 9.47 Å². The molecule has 0 aromatic carbocycles. The van der Waals surface area contributed by atoms with Crippen LogP contribution in [0.25, 0.3) is 0 Å². The monoisotopic (exact) mass is 623 g/mol. The number of carbonyl (C=O) groups excluding carboxylic acids is 2. The van der Waals surface area contributed by atoms with Crippen LogP contribution >= 0.6 is 0 Å². The zero-order valence-corrected chi connectivity index (χ0v) is 30.1. The molecule has 0 aromatic heterocycles.